The van der Waals surface area contributed by atoms with Gasteiger partial charge in [0.25, 0.3) is 10.0 Å². The van der Waals surface area contributed by atoms with E-state index in [0.717, 1.165) is 11.3 Å². The molecule has 1 aromatic rings. The van der Waals surface area contributed by atoms with Crippen LogP contribution in [0.15, 0.2) is 21.7 Å². The summed E-state index contributed by atoms with van der Waals surface area (Å²) in [5.41, 5.74) is 0. The lowest BCUT2D eigenvalue weighted by Crippen LogP contribution is -2.47. The molecule has 3 rings (SSSR count). The molecule has 1 unspecified atom stereocenters. The zero-order chi connectivity index (χ0) is 20.2. The molecule has 2 saturated heterocycles. The van der Waals surface area contributed by atoms with Gasteiger partial charge in [0.2, 0.25) is 15.9 Å². The second kappa shape index (κ2) is 9.18. The van der Waals surface area contributed by atoms with Gasteiger partial charge in [-0.25, -0.2) is 16.8 Å². The molecule has 0 radical (unpaired) electrons. The Bertz CT molecular complexity index is 863. The minimum atomic E-state index is -3.59. The molecule has 2 aliphatic rings. The molecule has 1 amide bonds. The number of nitrogens with zero attached hydrogens (tertiary/aromatic N) is 2. The molecule has 0 saturated carbocycles. The van der Waals surface area contributed by atoms with Gasteiger partial charge in [0.05, 0.1) is 24.9 Å². The number of amides is 1. The number of hydrogen-bond acceptors (Lipinski definition) is 7. The third kappa shape index (κ3) is 5.10. The fourth-order valence-corrected chi connectivity index (χ4v) is 7.31. The van der Waals surface area contributed by atoms with Crippen LogP contribution in [-0.4, -0.2) is 83.0 Å². The van der Waals surface area contributed by atoms with Crippen LogP contribution < -0.4 is 5.32 Å². The monoisotopic (exact) mass is 451 g/mol. The molecule has 2 aliphatic heterocycles. The van der Waals surface area contributed by atoms with Gasteiger partial charge in [0.1, 0.15) is 4.21 Å². The Hall–Kier alpha value is -1.05. The normalized spacial score (nSPS) is 22.8. The van der Waals surface area contributed by atoms with Crippen LogP contribution in [0.1, 0.15) is 12.8 Å². The first-order valence-corrected chi connectivity index (χ1v) is 13.1. The van der Waals surface area contributed by atoms with Crippen LogP contribution in [0.3, 0.4) is 0 Å². The van der Waals surface area contributed by atoms with E-state index in [0.29, 0.717) is 45.7 Å². The largest absolute Gasteiger partial charge is 0.379 e. The van der Waals surface area contributed by atoms with Crippen LogP contribution in [0, 0.1) is 5.92 Å². The highest BCUT2D eigenvalue weighted by atomic mass is 32.2. The Morgan fingerprint density at radius 3 is 2.61 bits per heavy atom. The van der Waals surface area contributed by atoms with E-state index >= 15 is 0 Å². The molecule has 12 heteroatoms. The van der Waals surface area contributed by atoms with Gasteiger partial charge in [0.15, 0.2) is 0 Å². The van der Waals surface area contributed by atoms with Crippen molar-refractivity contribution in [1.82, 2.24) is 13.9 Å². The molecule has 9 nitrogen and oxygen atoms in total. The highest BCUT2D eigenvalue weighted by Gasteiger charge is 2.34. The van der Waals surface area contributed by atoms with Gasteiger partial charge in [-0.2, -0.15) is 8.61 Å². The number of piperidine rings is 1. The lowest BCUT2D eigenvalue weighted by atomic mass is 9.99. The fourth-order valence-electron chi connectivity index (χ4n) is 3.31. The first kappa shape index (κ1) is 21.7. The van der Waals surface area contributed by atoms with E-state index in [4.69, 9.17) is 4.74 Å². The first-order chi connectivity index (χ1) is 13.3. The number of sulfonamides is 2. The standard InChI is InChI=1S/C16H25N3O6S3/c20-16(17-5-12-27(21,22)18-7-9-25-10-8-18)14-3-1-6-19(13-14)28(23,24)15-4-2-11-26-15/h2,4,11,14H,1,3,5-10,12-13H2,(H,17,20). The van der Waals surface area contributed by atoms with Gasteiger partial charge in [-0.15, -0.1) is 11.3 Å². The summed E-state index contributed by atoms with van der Waals surface area (Å²) >= 11 is 1.15. The molecular weight excluding hydrogens is 426 g/mol. The number of carbonyl (C=O) groups excluding carboxylic acids is 1. The second-order valence-electron chi connectivity index (χ2n) is 6.75. The van der Waals surface area contributed by atoms with Crippen LogP contribution >= 0.6 is 11.3 Å². The quantitative estimate of drug-likeness (QED) is 0.621. The average molecular weight is 452 g/mol. The highest BCUT2D eigenvalue weighted by molar-refractivity contribution is 7.91. The molecule has 28 heavy (non-hydrogen) atoms. The molecule has 1 atom stereocenters. The fraction of sp³-hybridized carbons (Fsp3) is 0.688. The zero-order valence-electron chi connectivity index (χ0n) is 15.4. The zero-order valence-corrected chi connectivity index (χ0v) is 17.9. The molecule has 0 spiro atoms. The van der Waals surface area contributed by atoms with Gasteiger partial charge < -0.3 is 10.1 Å². The van der Waals surface area contributed by atoms with E-state index in [1.165, 1.54) is 8.61 Å². The van der Waals surface area contributed by atoms with Crippen LogP contribution in [0.2, 0.25) is 0 Å². The van der Waals surface area contributed by atoms with Crippen molar-refractivity contribution in [3.05, 3.63) is 17.5 Å². The molecule has 1 N–H and O–H groups in total. The Morgan fingerprint density at radius 1 is 1.18 bits per heavy atom. The third-order valence-electron chi connectivity index (χ3n) is 4.87. The summed E-state index contributed by atoms with van der Waals surface area (Å²) in [6.07, 6.45) is 1.17. The van der Waals surface area contributed by atoms with Gasteiger partial charge in [-0.3, -0.25) is 4.79 Å². The number of nitrogens with one attached hydrogen (secondary N) is 1. The lowest BCUT2D eigenvalue weighted by Gasteiger charge is -2.31. The third-order valence-corrected chi connectivity index (χ3v) is 9.98. The summed E-state index contributed by atoms with van der Waals surface area (Å²) in [4.78, 5) is 12.5. The summed E-state index contributed by atoms with van der Waals surface area (Å²) in [5.74, 6) is -0.958. The van der Waals surface area contributed by atoms with Gasteiger partial charge in [-0.05, 0) is 24.3 Å². The van der Waals surface area contributed by atoms with Crippen LogP contribution in [0.5, 0.6) is 0 Å². The van der Waals surface area contributed by atoms with Gasteiger partial charge in [-0.1, -0.05) is 6.07 Å². The second-order valence-corrected chi connectivity index (χ2v) is 12.0. The van der Waals surface area contributed by atoms with Crippen molar-refractivity contribution >= 4 is 37.3 Å². The summed E-state index contributed by atoms with van der Waals surface area (Å²) in [5, 5.41) is 4.36. The van der Waals surface area contributed by atoms with E-state index < -0.39 is 26.0 Å². The highest BCUT2D eigenvalue weighted by Crippen LogP contribution is 2.26. The maximum atomic E-state index is 12.6. The summed E-state index contributed by atoms with van der Waals surface area (Å²) in [6.45, 7) is 1.91. The smallest absolute Gasteiger partial charge is 0.252 e. The minimum Gasteiger partial charge on any atom is -0.379 e. The molecule has 2 fully saturated rings. The minimum absolute atomic E-state index is 0.00665. The first-order valence-electron chi connectivity index (χ1n) is 9.17. The molecule has 158 valence electrons. The molecule has 0 aliphatic carbocycles. The Kier molecular flexibility index (Phi) is 7.10. The summed E-state index contributed by atoms with van der Waals surface area (Å²) in [7, 11) is -7.03. The van der Waals surface area contributed by atoms with Crippen molar-refractivity contribution in [3.63, 3.8) is 0 Å². The number of ether oxygens (including phenoxy) is 1. The maximum Gasteiger partial charge on any atom is 0.252 e. The van der Waals surface area contributed by atoms with Crippen LogP contribution in [-0.2, 0) is 29.6 Å². The summed E-state index contributed by atoms with van der Waals surface area (Å²) < 4.78 is 58.0. The summed E-state index contributed by atoms with van der Waals surface area (Å²) in [6, 6.07) is 3.24. The van der Waals surface area contributed by atoms with Crippen molar-refractivity contribution < 1.29 is 26.4 Å². The van der Waals surface area contributed by atoms with E-state index in [9.17, 15) is 21.6 Å². The van der Waals surface area contributed by atoms with E-state index in [1.807, 2.05) is 0 Å². The molecule has 1 aromatic heterocycles. The van der Waals surface area contributed by atoms with E-state index in [2.05, 4.69) is 5.32 Å². The molecule has 3 heterocycles. The van der Waals surface area contributed by atoms with Gasteiger partial charge >= 0.3 is 0 Å². The van der Waals surface area contributed by atoms with Crippen molar-refractivity contribution in [2.75, 3.05) is 51.7 Å². The Balaban J connectivity index is 1.52. The average Bonchev–Trinajstić information content (AvgIpc) is 3.24. The van der Waals surface area contributed by atoms with Gasteiger partial charge in [0, 0.05) is 32.7 Å². The molecule has 0 aromatic carbocycles. The van der Waals surface area contributed by atoms with Crippen molar-refractivity contribution in [2.24, 2.45) is 5.92 Å². The van der Waals surface area contributed by atoms with Crippen molar-refractivity contribution in [3.8, 4) is 0 Å². The SMILES string of the molecule is O=C(NCCS(=O)(=O)N1CCOCC1)C1CCCN(S(=O)(=O)c2cccs2)C1. The predicted molar refractivity (Wildman–Crippen MR) is 105 cm³/mol. The lowest BCUT2D eigenvalue weighted by molar-refractivity contribution is -0.125. The number of rotatable bonds is 7. The number of hydrogen-bond donors (Lipinski definition) is 1. The van der Waals surface area contributed by atoms with Crippen molar-refractivity contribution in [2.45, 2.75) is 17.1 Å². The Morgan fingerprint density at radius 2 is 1.93 bits per heavy atom. The van der Waals surface area contributed by atoms with E-state index in [-0.39, 0.29) is 29.0 Å². The molecule has 0 bridgehead atoms. The molecular formula is C16H25N3O6S3. The van der Waals surface area contributed by atoms with Crippen LogP contribution in [0.4, 0.5) is 0 Å². The topological polar surface area (TPSA) is 113 Å². The number of morpholine rings is 1. The van der Waals surface area contributed by atoms with Crippen LogP contribution in [0.25, 0.3) is 0 Å². The number of carbonyl (C=O) groups is 1. The maximum absolute atomic E-state index is 12.6. The number of thiophene rings is 1. The Labute approximate surface area is 169 Å². The van der Waals surface area contributed by atoms with E-state index in [1.54, 1.807) is 17.5 Å². The van der Waals surface area contributed by atoms with Crippen molar-refractivity contribution in [1.29, 1.82) is 0 Å². The predicted octanol–water partition coefficient (Wildman–Crippen LogP) is -0.0730.